The van der Waals surface area contributed by atoms with Crippen LogP contribution < -0.4 is 10.1 Å². The molecule has 0 aliphatic heterocycles. The van der Waals surface area contributed by atoms with Crippen LogP contribution in [0.4, 0.5) is 18.9 Å². The fourth-order valence-corrected chi connectivity index (χ4v) is 2.85. The Morgan fingerprint density at radius 1 is 1.25 bits per heavy atom. The summed E-state index contributed by atoms with van der Waals surface area (Å²) in [6.07, 6.45) is -4.53. The van der Waals surface area contributed by atoms with Gasteiger partial charge < -0.3 is 10.1 Å². The number of nitrogens with one attached hydrogen (secondary N) is 1. The quantitative estimate of drug-likeness (QED) is 0.739. The van der Waals surface area contributed by atoms with Crippen molar-refractivity contribution >= 4 is 35.0 Å². The molecule has 0 heterocycles. The Morgan fingerprint density at radius 2 is 1.96 bits per heavy atom. The van der Waals surface area contributed by atoms with Crippen LogP contribution in [0.1, 0.15) is 5.56 Å². The molecule has 2 rings (SSSR count). The van der Waals surface area contributed by atoms with Gasteiger partial charge >= 0.3 is 6.18 Å². The molecule has 0 aliphatic carbocycles. The van der Waals surface area contributed by atoms with Crippen molar-refractivity contribution in [1.82, 2.24) is 0 Å². The molecule has 1 amide bonds. The molecular formula is C16H13ClF3NO2S. The maximum absolute atomic E-state index is 12.8. The van der Waals surface area contributed by atoms with Gasteiger partial charge in [0, 0.05) is 4.90 Å². The predicted octanol–water partition coefficient (Wildman–Crippen LogP) is 5.10. The molecule has 128 valence electrons. The van der Waals surface area contributed by atoms with Gasteiger partial charge in [0.25, 0.3) is 0 Å². The Labute approximate surface area is 146 Å². The molecule has 0 atom stereocenters. The van der Waals surface area contributed by atoms with E-state index >= 15 is 0 Å². The van der Waals surface area contributed by atoms with Crippen molar-refractivity contribution in [1.29, 1.82) is 0 Å². The van der Waals surface area contributed by atoms with Gasteiger partial charge in [0.05, 0.1) is 29.1 Å². The number of thioether (sulfide) groups is 1. The third-order valence-electron chi connectivity index (χ3n) is 2.99. The highest BCUT2D eigenvalue weighted by Crippen LogP contribution is 2.37. The summed E-state index contributed by atoms with van der Waals surface area (Å²) < 4.78 is 43.5. The van der Waals surface area contributed by atoms with Crippen molar-refractivity contribution in [3.8, 4) is 5.75 Å². The minimum absolute atomic E-state index is 0.0447. The molecule has 0 fully saturated rings. The van der Waals surface area contributed by atoms with Crippen molar-refractivity contribution in [3.05, 3.63) is 53.1 Å². The maximum Gasteiger partial charge on any atom is 0.417 e. The predicted molar refractivity (Wildman–Crippen MR) is 88.8 cm³/mol. The van der Waals surface area contributed by atoms with Crippen LogP contribution in [0.2, 0.25) is 5.02 Å². The third kappa shape index (κ3) is 4.82. The largest absolute Gasteiger partial charge is 0.495 e. The second-order valence-electron chi connectivity index (χ2n) is 4.68. The minimum Gasteiger partial charge on any atom is -0.495 e. The summed E-state index contributed by atoms with van der Waals surface area (Å²) in [5.41, 5.74) is -0.419. The van der Waals surface area contributed by atoms with Crippen molar-refractivity contribution in [2.75, 3.05) is 18.2 Å². The van der Waals surface area contributed by atoms with E-state index in [0.29, 0.717) is 16.3 Å². The Hall–Kier alpha value is -1.86. The van der Waals surface area contributed by atoms with Crippen LogP contribution in [-0.2, 0) is 11.0 Å². The minimum atomic E-state index is -4.53. The monoisotopic (exact) mass is 375 g/mol. The van der Waals surface area contributed by atoms with E-state index in [9.17, 15) is 18.0 Å². The third-order valence-corrected chi connectivity index (χ3v) is 4.32. The van der Waals surface area contributed by atoms with Gasteiger partial charge in [-0.1, -0.05) is 23.7 Å². The number of anilines is 1. The van der Waals surface area contributed by atoms with Gasteiger partial charge in [-0.2, -0.15) is 13.2 Å². The molecule has 8 heteroatoms. The zero-order valence-electron chi connectivity index (χ0n) is 12.5. The second kappa shape index (κ2) is 7.81. The van der Waals surface area contributed by atoms with Crippen LogP contribution in [0.25, 0.3) is 0 Å². The first-order valence-corrected chi connectivity index (χ1v) is 8.10. The average Bonchev–Trinajstić information content (AvgIpc) is 2.53. The van der Waals surface area contributed by atoms with Crippen LogP contribution in [0.5, 0.6) is 5.75 Å². The first-order valence-electron chi connectivity index (χ1n) is 6.73. The number of methoxy groups -OCH3 is 1. The topological polar surface area (TPSA) is 38.3 Å². The van der Waals surface area contributed by atoms with Crippen LogP contribution in [0, 0.1) is 0 Å². The summed E-state index contributed by atoms with van der Waals surface area (Å²) in [6, 6.07) is 10.4. The van der Waals surface area contributed by atoms with Gasteiger partial charge in [0.1, 0.15) is 5.75 Å². The van der Waals surface area contributed by atoms with Gasteiger partial charge in [-0.05, 0) is 30.3 Å². The molecular weight excluding hydrogens is 363 g/mol. The average molecular weight is 376 g/mol. The Balaban J connectivity index is 2.02. The summed E-state index contributed by atoms with van der Waals surface area (Å²) in [5, 5.41) is 2.28. The lowest BCUT2D eigenvalue weighted by atomic mass is 10.2. The van der Waals surface area contributed by atoms with Gasteiger partial charge in [0.15, 0.2) is 0 Å². The number of para-hydroxylation sites is 2. The number of ether oxygens (including phenoxy) is 1. The number of benzene rings is 2. The molecule has 0 radical (unpaired) electrons. The van der Waals surface area contributed by atoms with Crippen LogP contribution in [0.15, 0.2) is 47.4 Å². The first-order chi connectivity index (χ1) is 11.3. The van der Waals surface area contributed by atoms with Gasteiger partial charge in [-0.15, -0.1) is 11.8 Å². The summed E-state index contributed by atoms with van der Waals surface area (Å²) >= 11 is 6.55. The molecule has 0 aliphatic rings. The van der Waals surface area contributed by atoms with Gasteiger partial charge in [-0.3, -0.25) is 4.79 Å². The molecule has 24 heavy (non-hydrogen) atoms. The molecule has 0 saturated heterocycles. The molecule has 2 aromatic carbocycles. The highest BCUT2D eigenvalue weighted by Gasteiger charge is 2.33. The lowest BCUT2D eigenvalue weighted by molar-refractivity contribution is -0.137. The Kier molecular flexibility index (Phi) is 6.01. The lowest BCUT2D eigenvalue weighted by Gasteiger charge is -2.11. The smallest absolute Gasteiger partial charge is 0.417 e. The van der Waals surface area contributed by atoms with E-state index in [1.54, 1.807) is 24.3 Å². The zero-order valence-corrected chi connectivity index (χ0v) is 14.1. The van der Waals surface area contributed by atoms with Crippen molar-refractivity contribution in [3.63, 3.8) is 0 Å². The fourth-order valence-electron chi connectivity index (χ4n) is 1.89. The van der Waals surface area contributed by atoms with Gasteiger partial charge in [0.2, 0.25) is 5.91 Å². The van der Waals surface area contributed by atoms with Crippen molar-refractivity contribution in [2.24, 2.45) is 0 Å². The maximum atomic E-state index is 12.8. The molecule has 0 saturated carbocycles. The van der Waals surface area contributed by atoms with E-state index in [0.717, 1.165) is 17.8 Å². The molecule has 1 N–H and O–H groups in total. The highest BCUT2D eigenvalue weighted by molar-refractivity contribution is 8.00. The Bertz CT molecular complexity index is 738. The number of carbonyl (C=O) groups excluding carboxylic acids is 1. The zero-order chi connectivity index (χ0) is 17.7. The van der Waals surface area contributed by atoms with E-state index in [1.807, 2.05) is 0 Å². The van der Waals surface area contributed by atoms with Crippen molar-refractivity contribution < 1.29 is 22.7 Å². The number of rotatable bonds is 5. The number of hydrogen-bond acceptors (Lipinski definition) is 3. The van der Waals surface area contributed by atoms with E-state index in [2.05, 4.69) is 5.32 Å². The summed E-state index contributed by atoms with van der Waals surface area (Å²) in [7, 11) is 1.48. The van der Waals surface area contributed by atoms with Gasteiger partial charge in [-0.25, -0.2) is 0 Å². The molecule has 0 aromatic heterocycles. The van der Waals surface area contributed by atoms with Crippen molar-refractivity contribution in [2.45, 2.75) is 11.1 Å². The highest BCUT2D eigenvalue weighted by atomic mass is 35.5. The van der Waals surface area contributed by atoms with E-state index in [1.165, 1.54) is 19.2 Å². The SMILES string of the molecule is COc1ccccc1NC(=O)CSc1ccc(Cl)c(C(F)(F)F)c1. The standard InChI is InChI=1S/C16H13ClF3NO2S/c1-23-14-5-3-2-4-13(14)21-15(22)9-24-10-6-7-12(17)11(8-10)16(18,19)20/h2-8H,9H2,1H3,(H,21,22). The summed E-state index contributed by atoms with van der Waals surface area (Å²) in [6.45, 7) is 0. The molecule has 2 aromatic rings. The first kappa shape index (κ1) is 18.5. The summed E-state index contributed by atoms with van der Waals surface area (Å²) in [4.78, 5) is 12.3. The number of amides is 1. The fraction of sp³-hybridized carbons (Fsp3) is 0.188. The van der Waals surface area contributed by atoms with E-state index < -0.39 is 11.7 Å². The number of halogens is 4. The Morgan fingerprint density at radius 3 is 2.62 bits per heavy atom. The van der Waals surface area contributed by atoms with Crippen LogP contribution in [0.3, 0.4) is 0 Å². The lowest BCUT2D eigenvalue weighted by Crippen LogP contribution is -2.14. The van der Waals surface area contributed by atoms with Crippen LogP contribution >= 0.6 is 23.4 Å². The number of alkyl halides is 3. The van der Waals surface area contributed by atoms with Crippen LogP contribution in [-0.4, -0.2) is 18.8 Å². The normalized spacial score (nSPS) is 11.2. The number of hydrogen-bond donors (Lipinski definition) is 1. The molecule has 0 bridgehead atoms. The number of carbonyl (C=O) groups is 1. The molecule has 0 unspecified atom stereocenters. The van der Waals surface area contributed by atoms with E-state index in [-0.39, 0.29) is 16.7 Å². The van der Waals surface area contributed by atoms with E-state index in [4.69, 9.17) is 16.3 Å². The second-order valence-corrected chi connectivity index (χ2v) is 6.13. The summed E-state index contributed by atoms with van der Waals surface area (Å²) in [5.74, 6) is 0.103. The molecule has 0 spiro atoms. The molecule has 3 nitrogen and oxygen atoms in total.